The van der Waals surface area contributed by atoms with E-state index in [1.54, 1.807) is 6.08 Å². The highest BCUT2D eigenvalue weighted by Crippen LogP contribution is 1.98. The molecule has 98 valence electrons. The summed E-state index contributed by atoms with van der Waals surface area (Å²) >= 11 is 0. The lowest BCUT2D eigenvalue weighted by Crippen LogP contribution is -2.27. The van der Waals surface area contributed by atoms with Crippen LogP contribution in [0.3, 0.4) is 0 Å². The molecule has 0 aromatic carbocycles. The Bertz CT molecular complexity index is 316. The Morgan fingerprint density at radius 1 is 1.41 bits per heavy atom. The van der Waals surface area contributed by atoms with Crippen molar-refractivity contribution in [2.45, 2.75) is 27.7 Å². The van der Waals surface area contributed by atoms with Crippen molar-refractivity contribution in [1.82, 2.24) is 5.32 Å². The monoisotopic (exact) mass is 239 g/mol. The summed E-state index contributed by atoms with van der Waals surface area (Å²) in [5.74, 6) is 0.348. The van der Waals surface area contributed by atoms with E-state index in [0.717, 1.165) is 5.57 Å². The summed E-state index contributed by atoms with van der Waals surface area (Å²) in [4.78, 5) is 11.3. The molecule has 0 bridgehead atoms. The first kappa shape index (κ1) is 15.5. The lowest BCUT2D eigenvalue weighted by molar-refractivity contribution is 0.134. The molecule has 0 aliphatic rings. The van der Waals surface area contributed by atoms with Crippen LogP contribution in [-0.4, -0.2) is 19.2 Å². The Kier molecular flexibility index (Phi) is 7.85. The minimum Gasteiger partial charge on any atom is -0.449 e. The van der Waals surface area contributed by atoms with Gasteiger partial charge in [-0.05, 0) is 25.3 Å². The number of amides is 1. The number of carbonyl (C=O) groups is 1. The average Bonchev–Trinajstić information content (AvgIpc) is 2.26. The molecular formula is C14H25NO2. The maximum Gasteiger partial charge on any atom is 0.407 e. The van der Waals surface area contributed by atoms with Gasteiger partial charge in [-0.1, -0.05) is 44.2 Å². The molecule has 0 radical (unpaired) electrons. The fourth-order valence-electron chi connectivity index (χ4n) is 0.940. The van der Waals surface area contributed by atoms with Gasteiger partial charge < -0.3 is 10.1 Å². The van der Waals surface area contributed by atoms with E-state index in [4.69, 9.17) is 4.74 Å². The van der Waals surface area contributed by atoms with E-state index in [1.807, 2.05) is 39.8 Å². The normalized spacial score (nSPS) is 11.0. The molecule has 0 saturated carbocycles. The third-order valence-corrected chi connectivity index (χ3v) is 1.88. The van der Waals surface area contributed by atoms with E-state index in [9.17, 15) is 4.79 Å². The van der Waals surface area contributed by atoms with Crippen molar-refractivity contribution in [2.24, 2.45) is 5.92 Å². The summed E-state index contributed by atoms with van der Waals surface area (Å²) in [6.07, 6.45) is 5.26. The molecule has 0 aliphatic carbocycles. The van der Waals surface area contributed by atoms with Crippen LogP contribution in [0.25, 0.3) is 0 Å². The van der Waals surface area contributed by atoms with Gasteiger partial charge in [0.15, 0.2) is 0 Å². The summed E-state index contributed by atoms with van der Waals surface area (Å²) in [5.41, 5.74) is 2.15. The number of carbonyl (C=O) groups excluding carboxylic acids is 1. The van der Waals surface area contributed by atoms with Crippen molar-refractivity contribution in [3.63, 3.8) is 0 Å². The van der Waals surface area contributed by atoms with Crippen molar-refractivity contribution < 1.29 is 11.0 Å². The van der Waals surface area contributed by atoms with E-state index in [2.05, 4.69) is 11.9 Å². The van der Waals surface area contributed by atoms with Crippen molar-refractivity contribution in [3.8, 4) is 0 Å². The number of hydrogen-bond donors (Lipinski definition) is 1. The van der Waals surface area contributed by atoms with Gasteiger partial charge in [0.25, 0.3) is 0 Å². The van der Waals surface area contributed by atoms with E-state index in [0.29, 0.717) is 19.1 Å². The molecule has 0 heterocycles. The summed E-state index contributed by atoms with van der Waals surface area (Å²) < 4.78 is 5.00. The second-order valence-electron chi connectivity index (χ2n) is 4.54. The van der Waals surface area contributed by atoms with E-state index < -0.39 is 0 Å². The quantitative estimate of drug-likeness (QED) is 0.718. The number of rotatable bonds is 6. The highest BCUT2D eigenvalue weighted by atomic mass is 16.5. The molecule has 0 rings (SSSR count). The number of nitrogens with one attached hydrogen (secondary N) is 1. The molecule has 0 aromatic heterocycles. The molecule has 0 unspecified atom stereocenters. The average molecular weight is 239 g/mol. The predicted molar refractivity (Wildman–Crippen MR) is 74.0 cm³/mol. The van der Waals surface area contributed by atoms with Crippen LogP contribution in [0, 0.1) is 5.92 Å². The molecule has 1 N–H and O–H groups in total. The van der Waals surface area contributed by atoms with Crippen LogP contribution in [0.5, 0.6) is 0 Å². The first-order chi connectivity index (χ1) is 7.95. The molecule has 0 spiro atoms. The van der Waals surface area contributed by atoms with Crippen LogP contribution in [0.1, 0.15) is 29.1 Å². The lowest BCUT2D eigenvalue weighted by Gasteiger charge is -2.08. The third-order valence-electron chi connectivity index (χ3n) is 1.88. The van der Waals surface area contributed by atoms with Gasteiger partial charge >= 0.3 is 6.09 Å². The molecule has 3 nitrogen and oxygen atoms in total. The molecule has 1 amide bonds. The van der Waals surface area contributed by atoms with E-state index in [1.165, 1.54) is 5.57 Å². The van der Waals surface area contributed by atoms with Crippen LogP contribution in [0.15, 0.2) is 36.0 Å². The van der Waals surface area contributed by atoms with Gasteiger partial charge in [-0.15, -0.1) is 0 Å². The van der Waals surface area contributed by atoms with Crippen LogP contribution in [-0.2, 0) is 4.74 Å². The van der Waals surface area contributed by atoms with Crippen LogP contribution >= 0.6 is 0 Å². The number of allylic oxidation sites excluding steroid dienone is 3. The predicted octanol–water partition coefficient (Wildman–Crippen LogP) is 3.69. The van der Waals surface area contributed by atoms with Crippen LogP contribution < -0.4 is 5.32 Å². The summed E-state index contributed by atoms with van der Waals surface area (Å²) in [7, 11) is 0. The Hall–Kier alpha value is -1.51. The maximum absolute atomic E-state index is 11.3. The van der Waals surface area contributed by atoms with Gasteiger partial charge in [-0.25, -0.2) is 4.79 Å². The molecule has 0 saturated heterocycles. The first-order valence-corrected chi connectivity index (χ1v) is 5.82. The third kappa shape index (κ3) is 9.42. The largest absolute Gasteiger partial charge is 0.449 e. The highest BCUT2D eigenvalue weighted by Gasteiger charge is 2.03. The van der Waals surface area contributed by atoms with Crippen molar-refractivity contribution >= 4 is 6.09 Å². The van der Waals surface area contributed by atoms with Gasteiger partial charge in [0.1, 0.15) is 0 Å². The molecule has 0 aliphatic heterocycles. The Balaban J connectivity index is 0. The fourth-order valence-corrected chi connectivity index (χ4v) is 0.940. The van der Waals surface area contributed by atoms with Gasteiger partial charge in [-0.2, -0.15) is 0 Å². The molecule has 0 aromatic rings. The minimum atomic E-state index is -0.386. The molecule has 0 fully saturated rings. The second kappa shape index (κ2) is 8.62. The number of hydrogen-bond acceptors (Lipinski definition) is 2. The molecule has 17 heavy (non-hydrogen) atoms. The lowest BCUT2D eigenvalue weighted by atomic mass is 10.2. The van der Waals surface area contributed by atoms with Crippen molar-refractivity contribution in [1.29, 1.82) is 0 Å². The summed E-state index contributed by atoms with van der Waals surface area (Å²) in [5, 5.41) is 2.68. The van der Waals surface area contributed by atoms with E-state index in [-0.39, 0.29) is 7.52 Å². The maximum atomic E-state index is 11.3. The summed E-state index contributed by atoms with van der Waals surface area (Å²) in [6, 6.07) is 0. The Labute approximate surface area is 106 Å². The first-order valence-electron chi connectivity index (χ1n) is 5.82. The van der Waals surface area contributed by atoms with Gasteiger partial charge in [0.2, 0.25) is 0 Å². The molecule has 3 heteroatoms. The zero-order valence-electron chi connectivity index (χ0n) is 11.2. The Morgan fingerprint density at radius 2 is 2.06 bits per heavy atom. The smallest absolute Gasteiger partial charge is 0.407 e. The van der Waals surface area contributed by atoms with Gasteiger partial charge in [0.05, 0.1) is 6.61 Å². The van der Waals surface area contributed by atoms with Crippen molar-refractivity contribution in [3.05, 3.63) is 36.0 Å². The van der Waals surface area contributed by atoms with Gasteiger partial charge in [-0.3, -0.25) is 0 Å². The van der Waals surface area contributed by atoms with E-state index >= 15 is 0 Å². The number of alkyl carbamates (subject to hydrolysis) is 1. The standard InChI is InChI=1S/C14H23NO2.H2/c1-6-13(8-7-11(2)3)9-15-14(16)17-10-12(4)5;/h6-8,12H,1,9-10H2,2-5H3,(H,15,16);1H/b13-8+;. The second-order valence-corrected chi connectivity index (χ2v) is 4.54. The topological polar surface area (TPSA) is 38.3 Å². The molecular weight excluding hydrogens is 214 g/mol. The minimum absolute atomic E-state index is 0. The summed E-state index contributed by atoms with van der Waals surface area (Å²) in [6.45, 7) is 12.6. The van der Waals surface area contributed by atoms with Crippen LogP contribution in [0.2, 0.25) is 0 Å². The molecule has 0 atom stereocenters. The number of ether oxygens (including phenoxy) is 1. The zero-order chi connectivity index (χ0) is 13.3. The van der Waals surface area contributed by atoms with Crippen LogP contribution in [0.4, 0.5) is 4.79 Å². The Morgan fingerprint density at radius 3 is 2.53 bits per heavy atom. The highest BCUT2D eigenvalue weighted by molar-refractivity contribution is 5.67. The van der Waals surface area contributed by atoms with Gasteiger partial charge in [0, 0.05) is 7.97 Å². The SMILES string of the molecule is C=C/C(=C\C=C(C)C)CNC(=O)OCC(C)C.[HH]. The zero-order valence-corrected chi connectivity index (χ0v) is 11.2. The fraction of sp³-hybridized carbons (Fsp3) is 0.500. The van der Waals surface area contributed by atoms with Crippen molar-refractivity contribution in [2.75, 3.05) is 13.2 Å².